The smallest absolute Gasteiger partial charge is 0.170 e. The van der Waals surface area contributed by atoms with Crippen molar-refractivity contribution in [1.82, 2.24) is 0 Å². The number of hydrogen-bond acceptors (Lipinski definition) is 3. The molecule has 0 unspecified atom stereocenters. The van der Waals surface area contributed by atoms with E-state index in [0.717, 1.165) is 4.47 Å². The number of carbonyl (C=O) groups is 1. The Hall–Kier alpha value is -1.88. The molecule has 0 heterocycles. The largest absolute Gasteiger partial charge is 0.496 e. The first-order chi connectivity index (χ1) is 10.0. The third kappa shape index (κ3) is 3.61. The summed E-state index contributed by atoms with van der Waals surface area (Å²) < 4.78 is 24.5. The maximum atomic E-state index is 13.6. The van der Waals surface area contributed by atoms with Gasteiger partial charge in [-0.15, -0.1) is 0 Å². The minimum absolute atomic E-state index is 0.0961. The Morgan fingerprint density at radius 2 is 1.81 bits per heavy atom. The van der Waals surface area contributed by atoms with Gasteiger partial charge in [0.25, 0.3) is 0 Å². The Morgan fingerprint density at radius 1 is 1.10 bits per heavy atom. The molecule has 110 valence electrons. The van der Waals surface area contributed by atoms with Crippen LogP contribution in [0.2, 0.25) is 0 Å². The van der Waals surface area contributed by atoms with Gasteiger partial charge in [-0.3, -0.25) is 4.79 Å². The summed E-state index contributed by atoms with van der Waals surface area (Å²) in [5, 5.41) is 0. The van der Waals surface area contributed by atoms with Crippen molar-refractivity contribution < 1.29 is 18.7 Å². The molecular formula is C16H14BrFO3. The third-order valence-electron chi connectivity index (χ3n) is 3.04. The number of benzene rings is 2. The van der Waals surface area contributed by atoms with Crippen molar-refractivity contribution in [2.75, 3.05) is 14.2 Å². The second-order valence-corrected chi connectivity index (χ2v) is 5.33. The summed E-state index contributed by atoms with van der Waals surface area (Å²) in [5.41, 5.74) is 1.06. The Balaban J connectivity index is 2.24. The van der Waals surface area contributed by atoms with Crippen LogP contribution in [0.5, 0.6) is 11.5 Å². The maximum Gasteiger partial charge on any atom is 0.170 e. The summed E-state index contributed by atoms with van der Waals surface area (Å²) in [6, 6.07) is 9.67. The molecule has 0 aliphatic rings. The molecule has 0 radical (unpaired) electrons. The van der Waals surface area contributed by atoms with Crippen LogP contribution < -0.4 is 9.47 Å². The Morgan fingerprint density at radius 3 is 2.43 bits per heavy atom. The normalized spacial score (nSPS) is 10.3. The van der Waals surface area contributed by atoms with E-state index in [1.807, 2.05) is 0 Å². The topological polar surface area (TPSA) is 35.5 Å². The van der Waals surface area contributed by atoms with Crippen LogP contribution in [-0.2, 0) is 6.42 Å². The first kappa shape index (κ1) is 15.5. The molecule has 0 fully saturated rings. The molecular weight excluding hydrogens is 339 g/mol. The van der Waals surface area contributed by atoms with E-state index in [2.05, 4.69) is 15.9 Å². The van der Waals surface area contributed by atoms with Crippen molar-refractivity contribution in [3.8, 4) is 11.5 Å². The van der Waals surface area contributed by atoms with Gasteiger partial charge in [0, 0.05) is 10.9 Å². The first-order valence-corrected chi connectivity index (χ1v) is 7.03. The zero-order valence-electron chi connectivity index (χ0n) is 11.7. The fourth-order valence-corrected chi connectivity index (χ4v) is 2.34. The van der Waals surface area contributed by atoms with E-state index in [4.69, 9.17) is 9.47 Å². The van der Waals surface area contributed by atoms with Crippen LogP contribution in [0, 0.1) is 5.82 Å². The fraction of sp³-hybridized carbons (Fsp3) is 0.188. The zero-order valence-corrected chi connectivity index (χ0v) is 13.2. The van der Waals surface area contributed by atoms with E-state index >= 15 is 0 Å². The molecule has 21 heavy (non-hydrogen) atoms. The SMILES string of the molecule is COc1ccc(CC(=O)c2ccc(Br)cc2OC)cc1F. The highest BCUT2D eigenvalue weighted by atomic mass is 79.9. The first-order valence-electron chi connectivity index (χ1n) is 6.24. The quantitative estimate of drug-likeness (QED) is 0.762. The van der Waals surface area contributed by atoms with E-state index in [0.29, 0.717) is 16.9 Å². The number of halogens is 2. The molecule has 2 rings (SSSR count). The molecule has 3 nitrogen and oxygen atoms in total. The highest BCUT2D eigenvalue weighted by molar-refractivity contribution is 9.10. The predicted octanol–water partition coefficient (Wildman–Crippen LogP) is 4.03. The van der Waals surface area contributed by atoms with Crippen molar-refractivity contribution >= 4 is 21.7 Å². The van der Waals surface area contributed by atoms with E-state index < -0.39 is 5.82 Å². The van der Waals surface area contributed by atoms with Crippen LogP contribution in [0.15, 0.2) is 40.9 Å². The van der Waals surface area contributed by atoms with Crippen LogP contribution in [-0.4, -0.2) is 20.0 Å². The van der Waals surface area contributed by atoms with Crippen molar-refractivity contribution in [2.45, 2.75) is 6.42 Å². The van der Waals surface area contributed by atoms with E-state index in [1.165, 1.54) is 26.4 Å². The Labute approximate surface area is 130 Å². The highest BCUT2D eigenvalue weighted by Crippen LogP contribution is 2.25. The molecule has 0 aliphatic heterocycles. The molecule has 2 aromatic rings. The Kier molecular flexibility index (Phi) is 4.96. The van der Waals surface area contributed by atoms with E-state index in [-0.39, 0.29) is 18.0 Å². The molecule has 2 aromatic carbocycles. The lowest BCUT2D eigenvalue weighted by atomic mass is 10.0. The lowest BCUT2D eigenvalue weighted by molar-refractivity contribution is 0.0990. The summed E-state index contributed by atoms with van der Waals surface area (Å²) in [5.74, 6) is 0.0327. The van der Waals surface area contributed by atoms with Crippen LogP contribution in [0.25, 0.3) is 0 Å². The van der Waals surface area contributed by atoms with Gasteiger partial charge in [-0.05, 0) is 35.9 Å². The molecule has 0 saturated heterocycles. The van der Waals surface area contributed by atoms with Crippen molar-refractivity contribution in [3.63, 3.8) is 0 Å². The van der Waals surface area contributed by atoms with E-state index in [1.54, 1.807) is 24.3 Å². The summed E-state index contributed by atoms with van der Waals surface area (Å²) in [6.45, 7) is 0. The molecule has 0 aromatic heterocycles. The van der Waals surface area contributed by atoms with Gasteiger partial charge in [-0.25, -0.2) is 4.39 Å². The number of Topliss-reactive ketones (excluding diaryl/α,β-unsaturated/α-hetero) is 1. The second kappa shape index (κ2) is 6.72. The predicted molar refractivity (Wildman–Crippen MR) is 81.7 cm³/mol. The number of hydrogen-bond donors (Lipinski definition) is 0. The van der Waals surface area contributed by atoms with E-state index in [9.17, 15) is 9.18 Å². The van der Waals surface area contributed by atoms with Gasteiger partial charge in [0.15, 0.2) is 17.3 Å². The van der Waals surface area contributed by atoms with Gasteiger partial charge in [0.1, 0.15) is 5.75 Å². The minimum Gasteiger partial charge on any atom is -0.496 e. The monoisotopic (exact) mass is 352 g/mol. The number of carbonyl (C=O) groups excluding carboxylic acids is 1. The number of ketones is 1. The number of ether oxygens (including phenoxy) is 2. The third-order valence-corrected chi connectivity index (χ3v) is 3.54. The van der Waals surface area contributed by atoms with Gasteiger partial charge in [0.05, 0.1) is 19.8 Å². The summed E-state index contributed by atoms with van der Waals surface area (Å²) in [7, 11) is 2.90. The number of rotatable bonds is 5. The van der Waals surface area contributed by atoms with Crippen molar-refractivity contribution in [3.05, 3.63) is 57.8 Å². The Bertz CT molecular complexity index is 671. The fourth-order valence-electron chi connectivity index (χ4n) is 2.00. The van der Waals surface area contributed by atoms with Crippen molar-refractivity contribution in [1.29, 1.82) is 0 Å². The standard InChI is InChI=1S/C16H14BrFO3/c1-20-15-6-3-10(7-13(15)18)8-14(19)12-5-4-11(17)9-16(12)21-2/h3-7,9H,8H2,1-2H3. The lowest BCUT2D eigenvalue weighted by Gasteiger charge is -2.09. The van der Waals surface area contributed by atoms with Crippen LogP contribution in [0.1, 0.15) is 15.9 Å². The number of methoxy groups -OCH3 is 2. The van der Waals surface area contributed by atoms with Gasteiger partial charge in [-0.1, -0.05) is 22.0 Å². The molecule has 0 bridgehead atoms. The van der Waals surface area contributed by atoms with Crippen LogP contribution >= 0.6 is 15.9 Å². The average Bonchev–Trinajstić information content (AvgIpc) is 2.47. The highest BCUT2D eigenvalue weighted by Gasteiger charge is 2.14. The minimum atomic E-state index is -0.481. The van der Waals surface area contributed by atoms with Gasteiger partial charge < -0.3 is 9.47 Å². The summed E-state index contributed by atoms with van der Waals surface area (Å²) >= 11 is 3.32. The summed E-state index contributed by atoms with van der Waals surface area (Å²) in [6.07, 6.45) is 0.0961. The molecule has 0 saturated carbocycles. The molecule has 0 spiro atoms. The summed E-state index contributed by atoms with van der Waals surface area (Å²) in [4.78, 5) is 12.3. The van der Waals surface area contributed by atoms with Crippen molar-refractivity contribution in [2.24, 2.45) is 0 Å². The van der Waals surface area contributed by atoms with Crippen LogP contribution in [0.3, 0.4) is 0 Å². The average molecular weight is 353 g/mol. The van der Waals surface area contributed by atoms with Gasteiger partial charge >= 0.3 is 0 Å². The van der Waals surface area contributed by atoms with Crippen LogP contribution in [0.4, 0.5) is 4.39 Å². The molecule has 0 aliphatic carbocycles. The zero-order chi connectivity index (χ0) is 15.4. The molecule has 0 atom stereocenters. The molecule has 5 heteroatoms. The van der Waals surface area contributed by atoms with Gasteiger partial charge in [-0.2, -0.15) is 0 Å². The maximum absolute atomic E-state index is 13.6. The lowest BCUT2D eigenvalue weighted by Crippen LogP contribution is -2.06. The molecule has 0 N–H and O–H groups in total. The molecule has 0 amide bonds. The van der Waals surface area contributed by atoms with Gasteiger partial charge in [0.2, 0.25) is 0 Å². The second-order valence-electron chi connectivity index (χ2n) is 4.41.